The van der Waals surface area contributed by atoms with Crippen LogP contribution < -0.4 is 9.47 Å². The van der Waals surface area contributed by atoms with Crippen LogP contribution in [0.3, 0.4) is 0 Å². The lowest BCUT2D eigenvalue weighted by molar-refractivity contribution is -0.146. The van der Waals surface area contributed by atoms with E-state index in [0.717, 1.165) is 28.7 Å². The van der Waals surface area contributed by atoms with Crippen LogP contribution in [0, 0.1) is 11.3 Å². The Bertz CT molecular complexity index is 1140. The Balaban J connectivity index is 1.39. The number of carbonyl (C=O) groups is 1. The third-order valence-electron chi connectivity index (χ3n) is 6.71. The van der Waals surface area contributed by atoms with Gasteiger partial charge in [0, 0.05) is 5.92 Å². The molecule has 1 saturated carbocycles. The fourth-order valence-corrected chi connectivity index (χ4v) is 4.99. The van der Waals surface area contributed by atoms with Crippen molar-refractivity contribution in [2.45, 2.75) is 32.5 Å². The molecule has 2 atom stereocenters. The Morgan fingerprint density at radius 2 is 1.48 bits per heavy atom. The van der Waals surface area contributed by atoms with Crippen molar-refractivity contribution in [3.63, 3.8) is 0 Å². The zero-order chi connectivity index (χ0) is 22.7. The largest absolute Gasteiger partial charge is 0.485 e. The first kappa shape index (κ1) is 21.3. The molecule has 0 spiro atoms. The van der Waals surface area contributed by atoms with Crippen molar-refractivity contribution < 1.29 is 19.0 Å². The van der Waals surface area contributed by atoms with Gasteiger partial charge in [0.05, 0.1) is 12.0 Å². The van der Waals surface area contributed by atoms with E-state index in [4.69, 9.17) is 14.2 Å². The molecule has 1 aliphatic heterocycles. The van der Waals surface area contributed by atoms with Crippen molar-refractivity contribution in [3.05, 3.63) is 108 Å². The van der Waals surface area contributed by atoms with Crippen LogP contribution in [0.1, 0.15) is 29.5 Å². The molecular formula is C29H28O4. The van der Waals surface area contributed by atoms with Gasteiger partial charge in [-0.25, -0.2) is 0 Å². The Morgan fingerprint density at radius 1 is 0.848 bits per heavy atom. The molecule has 168 valence electrons. The number of hydrogen-bond acceptors (Lipinski definition) is 4. The van der Waals surface area contributed by atoms with E-state index in [0.29, 0.717) is 44.2 Å². The number of esters is 1. The van der Waals surface area contributed by atoms with Crippen molar-refractivity contribution >= 4 is 5.97 Å². The van der Waals surface area contributed by atoms with Crippen molar-refractivity contribution in [2.75, 3.05) is 6.61 Å². The van der Waals surface area contributed by atoms with Gasteiger partial charge < -0.3 is 14.2 Å². The average molecular weight is 441 g/mol. The summed E-state index contributed by atoms with van der Waals surface area (Å²) in [5, 5.41) is 0. The second kappa shape index (κ2) is 9.14. The highest BCUT2D eigenvalue weighted by Gasteiger charge is 2.55. The quantitative estimate of drug-likeness (QED) is 0.323. The van der Waals surface area contributed by atoms with Crippen LogP contribution >= 0.6 is 0 Å². The molecule has 5 rings (SSSR count). The molecule has 2 fully saturated rings. The number of carbonyl (C=O) groups excluding carboxylic acids is 1. The fourth-order valence-electron chi connectivity index (χ4n) is 4.99. The van der Waals surface area contributed by atoms with Gasteiger partial charge >= 0.3 is 5.97 Å². The molecule has 3 aromatic rings. The molecule has 2 aliphatic rings. The van der Waals surface area contributed by atoms with Crippen molar-refractivity contribution in [1.82, 2.24) is 0 Å². The lowest BCUT2D eigenvalue weighted by atomic mass is 9.75. The highest BCUT2D eigenvalue weighted by molar-refractivity contribution is 5.81. The number of benzene rings is 3. The number of ether oxygens (including phenoxy) is 3. The van der Waals surface area contributed by atoms with Gasteiger partial charge in [-0.3, -0.25) is 4.79 Å². The lowest BCUT2D eigenvalue weighted by Crippen LogP contribution is -2.31. The normalized spacial score (nSPS) is 21.5. The highest BCUT2D eigenvalue weighted by Crippen LogP contribution is 2.52. The maximum Gasteiger partial charge on any atom is 0.313 e. The molecule has 0 amide bonds. The Labute approximate surface area is 194 Å². The maximum absolute atomic E-state index is 12.7. The number of fused-ring (bicyclic) bond motifs is 1. The van der Waals surface area contributed by atoms with E-state index in [1.54, 1.807) is 0 Å². The van der Waals surface area contributed by atoms with Gasteiger partial charge in [-0.1, -0.05) is 78.9 Å². The predicted molar refractivity (Wildman–Crippen MR) is 127 cm³/mol. The molecule has 1 heterocycles. The zero-order valence-electron chi connectivity index (χ0n) is 18.7. The second-order valence-corrected chi connectivity index (χ2v) is 9.09. The number of cyclic esters (lactones) is 1. The minimum absolute atomic E-state index is 0.0951. The smallest absolute Gasteiger partial charge is 0.313 e. The maximum atomic E-state index is 12.7. The first-order chi connectivity index (χ1) is 16.1. The Kier molecular flexibility index (Phi) is 5.91. The van der Waals surface area contributed by atoms with Gasteiger partial charge in [-0.15, -0.1) is 0 Å². The van der Waals surface area contributed by atoms with Crippen LogP contribution in [0.5, 0.6) is 11.5 Å². The molecule has 1 saturated heterocycles. The molecule has 0 N–H and O–H groups in total. The van der Waals surface area contributed by atoms with Crippen LogP contribution in [0.25, 0.3) is 0 Å². The van der Waals surface area contributed by atoms with Crippen LogP contribution in [-0.4, -0.2) is 12.6 Å². The van der Waals surface area contributed by atoms with Gasteiger partial charge in [-0.2, -0.15) is 0 Å². The van der Waals surface area contributed by atoms with Crippen LogP contribution in [0.2, 0.25) is 0 Å². The van der Waals surface area contributed by atoms with E-state index in [1.807, 2.05) is 78.9 Å². The van der Waals surface area contributed by atoms with Crippen molar-refractivity contribution in [3.8, 4) is 11.5 Å². The van der Waals surface area contributed by atoms with Gasteiger partial charge in [-0.05, 0) is 48.1 Å². The summed E-state index contributed by atoms with van der Waals surface area (Å²) in [6.45, 7) is 5.55. The Hall–Kier alpha value is -3.53. The third kappa shape index (κ3) is 4.51. The first-order valence-corrected chi connectivity index (χ1v) is 11.4. The summed E-state index contributed by atoms with van der Waals surface area (Å²) in [6.07, 6.45) is 2.18. The van der Waals surface area contributed by atoms with E-state index in [2.05, 4.69) is 6.58 Å². The number of rotatable bonds is 8. The summed E-state index contributed by atoms with van der Waals surface area (Å²) in [7, 11) is 0. The lowest BCUT2D eigenvalue weighted by Gasteiger charge is -2.24. The second-order valence-electron chi connectivity index (χ2n) is 9.09. The monoisotopic (exact) mass is 440 g/mol. The standard InChI is InChI=1S/C29H28O4/c1-21-14-25-20-33-28(30)29(25,16-21)17-24-12-13-26(31-18-22-8-4-2-5-9-22)27(15-24)32-19-23-10-6-3-7-11-23/h2-13,15,25H,1,14,16-20H2. The van der Waals surface area contributed by atoms with E-state index >= 15 is 0 Å². The van der Waals surface area contributed by atoms with Crippen LogP contribution in [0.15, 0.2) is 91.0 Å². The highest BCUT2D eigenvalue weighted by atomic mass is 16.5. The molecular weight excluding hydrogens is 412 g/mol. The summed E-state index contributed by atoms with van der Waals surface area (Å²) in [5.41, 5.74) is 3.86. The summed E-state index contributed by atoms with van der Waals surface area (Å²) in [6, 6.07) is 26.1. The molecule has 1 aliphatic carbocycles. The molecule has 2 unspecified atom stereocenters. The molecule has 4 nitrogen and oxygen atoms in total. The number of allylic oxidation sites excluding steroid dienone is 1. The van der Waals surface area contributed by atoms with Crippen LogP contribution in [0.4, 0.5) is 0 Å². The molecule has 0 bridgehead atoms. The average Bonchev–Trinajstić information content (AvgIpc) is 3.31. The van der Waals surface area contributed by atoms with Crippen molar-refractivity contribution in [1.29, 1.82) is 0 Å². The minimum Gasteiger partial charge on any atom is -0.485 e. The van der Waals surface area contributed by atoms with Gasteiger partial charge in [0.2, 0.25) is 0 Å². The summed E-state index contributed by atoms with van der Waals surface area (Å²) < 4.78 is 17.8. The van der Waals surface area contributed by atoms with Gasteiger partial charge in [0.15, 0.2) is 11.5 Å². The minimum atomic E-state index is -0.500. The van der Waals surface area contributed by atoms with E-state index in [1.165, 1.54) is 0 Å². The molecule has 3 aromatic carbocycles. The van der Waals surface area contributed by atoms with E-state index < -0.39 is 5.41 Å². The van der Waals surface area contributed by atoms with Gasteiger partial charge in [0.25, 0.3) is 0 Å². The SMILES string of the molecule is C=C1CC2COC(=O)C2(Cc2ccc(OCc3ccccc3)c(OCc3ccccc3)c2)C1. The number of hydrogen-bond donors (Lipinski definition) is 0. The van der Waals surface area contributed by atoms with Crippen molar-refractivity contribution in [2.24, 2.45) is 11.3 Å². The van der Waals surface area contributed by atoms with Crippen LogP contribution in [-0.2, 0) is 29.2 Å². The molecule has 33 heavy (non-hydrogen) atoms. The molecule has 0 radical (unpaired) electrons. The van der Waals surface area contributed by atoms with E-state index in [9.17, 15) is 4.79 Å². The summed E-state index contributed by atoms with van der Waals surface area (Å²) in [5.74, 6) is 1.49. The first-order valence-electron chi connectivity index (χ1n) is 11.4. The Morgan fingerprint density at radius 3 is 2.15 bits per heavy atom. The molecule has 4 heteroatoms. The molecule has 0 aromatic heterocycles. The van der Waals surface area contributed by atoms with Gasteiger partial charge in [0.1, 0.15) is 13.2 Å². The van der Waals surface area contributed by atoms with E-state index in [-0.39, 0.29) is 11.9 Å². The summed E-state index contributed by atoms with van der Waals surface area (Å²) >= 11 is 0. The fraction of sp³-hybridized carbons (Fsp3) is 0.276. The zero-order valence-corrected chi connectivity index (χ0v) is 18.7. The summed E-state index contributed by atoms with van der Waals surface area (Å²) in [4.78, 5) is 12.7. The topological polar surface area (TPSA) is 44.8 Å². The third-order valence-corrected chi connectivity index (χ3v) is 6.71. The predicted octanol–water partition coefficient (Wildman–Crippen LogP) is 5.90.